The Morgan fingerprint density at radius 2 is 2.06 bits per heavy atom. The fourth-order valence-electron chi connectivity index (χ4n) is 4.51. The van der Waals surface area contributed by atoms with Crippen molar-refractivity contribution in [1.82, 2.24) is 20.2 Å². The van der Waals surface area contributed by atoms with Crippen LogP contribution < -0.4 is 16.0 Å². The van der Waals surface area contributed by atoms with E-state index in [1.165, 1.54) is 6.20 Å². The highest BCUT2D eigenvalue weighted by Gasteiger charge is 2.40. The van der Waals surface area contributed by atoms with E-state index in [0.29, 0.717) is 18.1 Å². The standard InChI is InChI=1S/C21H22F3N7O/c1-10-15-7-27-17(31-8-13-5-12(31)9-32-13)6-14(15)20(30-29-10)28-11(2)19-18(21(22,23)24)16(25)3-4-26-19/h3-4,6-7,11-13H,5,8-9H2,1-2H3,(H2,25,26)(H,28,30)/t11-,12-,13-/m1/s1. The van der Waals surface area contributed by atoms with Crippen LogP contribution in [0.5, 0.6) is 0 Å². The SMILES string of the molecule is Cc1nnc(N[C@H](C)c2nccc(N)c2C(F)(F)F)c2cc(N3C[C@H]4C[C@@H]3CO4)ncc12. The topological polar surface area (TPSA) is 102 Å². The van der Waals surface area contributed by atoms with E-state index in [-0.39, 0.29) is 23.5 Å². The van der Waals surface area contributed by atoms with Gasteiger partial charge >= 0.3 is 6.18 Å². The van der Waals surface area contributed by atoms with E-state index in [2.05, 4.69) is 30.4 Å². The summed E-state index contributed by atoms with van der Waals surface area (Å²) in [5, 5.41) is 12.9. The van der Waals surface area contributed by atoms with Gasteiger partial charge in [-0.25, -0.2) is 4.98 Å². The van der Waals surface area contributed by atoms with Gasteiger partial charge in [0.15, 0.2) is 5.82 Å². The van der Waals surface area contributed by atoms with E-state index in [0.717, 1.165) is 35.6 Å². The molecular weight excluding hydrogens is 423 g/mol. The van der Waals surface area contributed by atoms with Crippen LogP contribution in [0.2, 0.25) is 0 Å². The van der Waals surface area contributed by atoms with Gasteiger partial charge in [0.05, 0.1) is 36.2 Å². The molecule has 3 atom stereocenters. The van der Waals surface area contributed by atoms with Gasteiger partial charge < -0.3 is 20.7 Å². The first kappa shape index (κ1) is 20.7. The van der Waals surface area contributed by atoms with Crippen molar-refractivity contribution in [3.63, 3.8) is 0 Å². The van der Waals surface area contributed by atoms with Crippen LogP contribution in [-0.2, 0) is 10.9 Å². The maximum absolute atomic E-state index is 13.6. The zero-order valence-corrected chi connectivity index (χ0v) is 17.5. The van der Waals surface area contributed by atoms with Crippen molar-refractivity contribution in [3.05, 3.63) is 41.5 Å². The molecule has 0 radical (unpaired) electrons. The highest BCUT2D eigenvalue weighted by Crippen LogP contribution is 2.39. The molecule has 32 heavy (non-hydrogen) atoms. The number of aromatic nitrogens is 4. The number of fused-ring (bicyclic) bond motifs is 3. The van der Waals surface area contributed by atoms with Gasteiger partial charge in [-0.2, -0.15) is 18.3 Å². The van der Waals surface area contributed by atoms with Crippen molar-refractivity contribution < 1.29 is 17.9 Å². The fourth-order valence-corrected chi connectivity index (χ4v) is 4.51. The van der Waals surface area contributed by atoms with Crippen LogP contribution in [0.4, 0.5) is 30.5 Å². The summed E-state index contributed by atoms with van der Waals surface area (Å²) in [6.45, 7) is 4.84. The number of nitrogens with one attached hydrogen (secondary N) is 1. The van der Waals surface area contributed by atoms with Gasteiger partial charge in [0.2, 0.25) is 0 Å². The molecule has 168 valence electrons. The van der Waals surface area contributed by atoms with Crippen LogP contribution in [0, 0.1) is 6.92 Å². The van der Waals surface area contributed by atoms with Gasteiger partial charge in [0.1, 0.15) is 11.4 Å². The zero-order valence-electron chi connectivity index (χ0n) is 17.5. The van der Waals surface area contributed by atoms with Crippen LogP contribution in [-0.4, -0.2) is 45.5 Å². The quantitative estimate of drug-likeness (QED) is 0.629. The number of aryl methyl sites for hydroxylation is 1. The lowest BCUT2D eigenvalue weighted by Crippen LogP contribution is -2.37. The minimum Gasteiger partial charge on any atom is -0.398 e. The van der Waals surface area contributed by atoms with Crippen molar-refractivity contribution in [1.29, 1.82) is 0 Å². The molecule has 8 nitrogen and oxygen atoms in total. The van der Waals surface area contributed by atoms with Gasteiger partial charge in [-0.15, -0.1) is 5.10 Å². The van der Waals surface area contributed by atoms with Crippen LogP contribution in [0.15, 0.2) is 24.5 Å². The molecule has 0 saturated carbocycles. The van der Waals surface area contributed by atoms with E-state index in [9.17, 15) is 13.2 Å². The first-order valence-electron chi connectivity index (χ1n) is 10.3. The van der Waals surface area contributed by atoms with Gasteiger partial charge in [-0.1, -0.05) is 0 Å². The third-order valence-corrected chi connectivity index (χ3v) is 6.09. The third kappa shape index (κ3) is 3.46. The number of halogens is 3. The van der Waals surface area contributed by atoms with E-state index in [4.69, 9.17) is 10.5 Å². The first-order valence-corrected chi connectivity index (χ1v) is 10.3. The van der Waals surface area contributed by atoms with Crippen molar-refractivity contribution in [2.24, 2.45) is 0 Å². The molecule has 3 N–H and O–H groups in total. The number of nitrogens with two attached hydrogens (primary N) is 1. The Hall–Kier alpha value is -3.21. The van der Waals surface area contributed by atoms with Crippen molar-refractivity contribution >= 4 is 28.1 Å². The molecule has 0 aliphatic carbocycles. The average molecular weight is 445 g/mol. The number of hydrogen-bond acceptors (Lipinski definition) is 8. The molecule has 2 saturated heterocycles. The molecule has 0 spiro atoms. The number of rotatable bonds is 4. The molecule has 0 aromatic carbocycles. The Morgan fingerprint density at radius 1 is 1.25 bits per heavy atom. The molecule has 5 heterocycles. The highest BCUT2D eigenvalue weighted by molar-refractivity contribution is 5.94. The molecule has 2 fully saturated rings. The highest BCUT2D eigenvalue weighted by atomic mass is 19.4. The van der Waals surface area contributed by atoms with E-state index < -0.39 is 17.8 Å². The summed E-state index contributed by atoms with van der Waals surface area (Å²) in [4.78, 5) is 10.8. The average Bonchev–Trinajstić information content (AvgIpc) is 3.38. The predicted octanol–water partition coefficient (Wildman–Crippen LogP) is 3.48. The molecule has 0 unspecified atom stereocenters. The molecule has 3 aromatic heterocycles. The van der Waals surface area contributed by atoms with Crippen molar-refractivity contribution in [3.8, 4) is 0 Å². The number of anilines is 3. The lowest BCUT2D eigenvalue weighted by Gasteiger charge is -2.28. The molecule has 11 heteroatoms. The van der Waals surface area contributed by atoms with Crippen molar-refractivity contribution in [2.75, 3.05) is 29.1 Å². The Morgan fingerprint density at radius 3 is 2.75 bits per heavy atom. The summed E-state index contributed by atoms with van der Waals surface area (Å²) >= 11 is 0. The molecule has 0 amide bonds. The number of nitrogen functional groups attached to an aromatic ring is 1. The molecule has 3 aromatic rings. The molecular formula is C21H22F3N7O. The third-order valence-electron chi connectivity index (χ3n) is 6.09. The van der Waals surface area contributed by atoms with Gasteiger partial charge in [0.25, 0.3) is 0 Å². The number of pyridine rings is 2. The van der Waals surface area contributed by atoms with Crippen LogP contribution in [0.1, 0.15) is 36.3 Å². The maximum atomic E-state index is 13.6. The molecule has 2 bridgehead atoms. The second kappa shape index (κ2) is 7.44. The Kier molecular flexibility index (Phi) is 4.81. The van der Waals surface area contributed by atoms with Gasteiger partial charge in [-0.3, -0.25) is 4.98 Å². The summed E-state index contributed by atoms with van der Waals surface area (Å²) in [6, 6.07) is 2.51. The number of hydrogen-bond donors (Lipinski definition) is 2. The van der Waals surface area contributed by atoms with Crippen LogP contribution >= 0.6 is 0 Å². The van der Waals surface area contributed by atoms with Gasteiger partial charge in [0, 0.05) is 35.4 Å². The van der Waals surface area contributed by atoms with Crippen LogP contribution in [0.25, 0.3) is 10.8 Å². The summed E-state index contributed by atoms with van der Waals surface area (Å²) in [7, 11) is 0. The Balaban J connectivity index is 1.53. The van der Waals surface area contributed by atoms with Crippen molar-refractivity contribution in [2.45, 2.75) is 44.6 Å². The summed E-state index contributed by atoms with van der Waals surface area (Å²) < 4.78 is 46.5. The zero-order chi connectivity index (χ0) is 22.6. The largest absolute Gasteiger partial charge is 0.420 e. The summed E-state index contributed by atoms with van der Waals surface area (Å²) in [5.41, 5.74) is 4.80. The van der Waals surface area contributed by atoms with Gasteiger partial charge in [-0.05, 0) is 32.4 Å². The minimum absolute atomic E-state index is 0.198. The summed E-state index contributed by atoms with van der Waals surface area (Å²) in [6.07, 6.45) is -0.445. The predicted molar refractivity (Wildman–Crippen MR) is 113 cm³/mol. The second-order valence-electron chi connectivity index (χ2n) is 8.24. The van der Waals surface area contributed by atoms with E-state index in [1.807, 2.05) is 13.0 Å². The van der Waals surface area contributed by atoms with E-state index in [1.54, 1.807) is 13.1 Å². The Labute approximate surface area is 182 Å². The number of ether oxygens (including phenoxy) is 1. The maximum Gasteiger partial charge on any atom is 0.420 e. The number of alkyl halides is 3. The lowest BCUT2D eigenvalue weighted by molar-refractivity contribution is -0.137. The normalized spacial score (nSPS) is 21.3. The molecule has 2 aliphatic heterocycles. The minimum atomic E-state index is -4.63. The van der Waals surface area contributed by atoms with E-state index >= 15 is 0 Å². The smallest absolute Gasteiger partial charge is 0.398 e. The fraction of sp³-hybridized carbons (Fsp3) is 0.429. The molecule has 5 rings (SSSR count). The summed E-state index contributed by atoms with van der Waals surface area (Å²) in [5.74, 6) is 1.15. The molecule has 2 aliphatic rings. The Bertz CT molecular complexity index is 1190. The monoisotopic (exact) mass is 445 g/mol. The van der Waals surface area contributed by atoms with Crippen LogP contribution in [0.3, 0.4) is 0 Å². The first-order chi connectivity index (χ1) is 15.2. The number of nitrogens with zero attached hydrogens (tertiary/aromatic N) is 5. The second-order valence-corrected chi connectivity index (χ2v) is 8.24. The lowest BCUT2D eigenvalue weighted by atomic mass is 10.1. The number of morpholine rings is 1.